The van der Waals surface area contributed by atoms with E-state index in [0.29, 0.717) is 6.42 Å². The van der Waals surface area contributed by atoms with Gasteiger partial charge in [-0.3, -0.25) is 4.40 Å². The minimum absolute atomic E-state index is 0.394. The van der Waals surface area contributed by atoms with Gasteiger partial charge in [0.1, 0.15) is 5.69 Å². The Labute approximate surface area is 100 Å². The fourth-order valence-electron chi connectivity index (χ4n) is 1.69. The molecule has 0 aliphatic heterocycles. The molecule has 0 radical (unpaired) electrons. The SMILES string of the molecule is N#CCc1c(-c2cccs2)nc2sccn12. The maximum atomic E-state index is 8.87. The van der Waals surface area contributed by atoms with Crippen molar-refractivity contribution in [2.45, 2.75) is 6.42 Å². The van der Waals surface area contributed by atoms with Crippen molar-refractivity contribution in [1.29, 1.82) is 5.26 Å². The Hall–Kier alpha value is -1.64. The molecule has 3 nitrogen and oxygen atoms in total. The number of nitriles is 1. The second kappa shape index (κ2) is 3.74. The topological polar surface area (TPSA) is 41.1 Å². The molecule has 0 bridgehead atoms. The minimum atomic E-state index is 0.394. The fraction of sp³-hybridized carbons (Fsp3) is 0.0909. The van der Waals surface area contributed by atoms with Gasteiger partial charge in [-0.05, 0) is 11.4 Å². The van der Waals surface area contributed by atoms with Crippen LogP contribution in [0.5, 0.6) is 0 Å². The van der Waals surface area contributed by atoms with Crippen LogP contribution in [0.4, 0.5) is 0 Å². The molecule has 5 heteroatoms. The number of aromatic nitrogens is 2. The number of thiophene rings is 1. The van der Waals surface area contributed by atoms with Crippen molar-refractivity contribution >= 4 is 27.6 Å². The van der Waals surface area contributed by atoms with Gasteiger partial charge >= 0.3 is 0 Å². The molecule has 0 N–H and O–H groups in total. The summed E-state index contributed by atoms with van der Waals surface area (Å²) >= 11 is 3.25. The Kier molecular flexibility index (Phi) is 2.24. The van der Waals surface area contributed by atoms with E-state index in [1.165, 1.54) is 0 Å². The average Bonchev–Trinajstić information content (AvgIpc) is 2.93. The fourth-order valence-corrected chi connectivity index (χ4v) is 3.16. The molecule has 0 atom stereocenters. The highest BCUT2D eigenvalue weighted by atomic mass is 32.1. The van der Waals surface area contributed by atoms with E-state index >= 15 is 0 Å². The number of nitrogens with zero attached hydrogens (tertiary/aromatic N) is 3. The molecule has 78 valence electrons. The van der Waals surface area contributed by atoms with Crippen LogP contribution in [0.2, 0.25) is 0 Å². The summed E-state index contributed by atoms with van der Waals surface area (Å²) in [6.07, 6.45) is 2.36. The molecule has 0 amide bonds. The second-order valence-electron chi connectivity index (χ2n) is 3.27. The third kappa shape index (κ3) is 1.35. The summed E-state index contributed by atoms with van der Waals surface area (Å²) in [6.45, 7) is 0. The smallest absolute Gasteiger partial charge is 0.194 e. The van der Waals surface area contributed by atoms with Crippen molar-refractivity contribution in [3.8, 4) is 16.6 Å². The Balaban J connectivity index is 2.27. The molecule has 0 aliphatic rings. The van der Waals surface area contributed by atoms with E-state index in [0.717, 1.165) is 21.2 Å². The minimum Gasteiger partial charge on any atom is -0.293 e. The summed E-state index contributed by atoms with van der Waals surface area (Å²) in [5, 5.41) is 12.9. The number of fused-ring (bicyclic) bond motifs is 1. The van der Waals surface area contributed by atoms with Gasteiger partial charge in [0, 0.05) is 11.6 Å². The molecule has 0 saturated heterocycles. The van der Waals surface area contributed by atoms with Crippen molar-refractivity contribution in [3.05, 3.63) is 34.8 Å². The molecule has 0 fully saturated rings. The lowest BCUT2D eigenvalue weighted by Crippen LogP contribution is -1.89. The van der Waals surface area contributed by atoms with E-state index in [2.05, 4.69) is 11.1 Å². The first-order valence-corrected chi connectivity index (χ1v) is 6.51. The van der Waals surface area contributed by atoms with Crippen molar-refractivity contribution in [1.82, 2.24) is 9.38 Å². The molecular weight excluding hydrogens is 238 g/mol. The standard InChI is InChI=1S/C11H7N3S2/c12-4-3-8-10(9-2-1-6-15-9)13-11-14(8)5-7-16-11/h1-2,5-7H,3H2. The average molecular weight is 245 g/mol. The van der Waals surface area contributed by atoms with Crippen LogP contribution < -0.4 is 0 Å². The predicted molar refractivity (Wildman–Crippen MR) is 65.7 cm³/mol. The summed E-state index contributed by atoms with van der Waals surface area (Å²) in [5.41, 5.74) is 1.93. The molecule has 16 heavy (non-hydrogen) atoms. The summed E-state index contributed by atoms with van der Waals surface area (Å²) in [5.74, 6) is 0. The maximum Gasteiger partial charge on any atom is 0.194 e. The molecule has 0 aromatic carbocycles. The van der Waals surface area contributed by atoms with E-state index in [-0.39, 0.29) is 0 Å². The molecule has 0 unspecified atom stereocenters. The second-order valence-corrected chi connectivity index (χ2v) is 5.10. The summed E-state index contributed by atoms with van der Waals surface area (Å²) < 4.78 is 2.00. The highest BCUT2D eigenvalue weighted by Gasteiger charge is 2.14. The van der Waals surface area contributed by atoms with Gasteiger partial charge in [0.25, 0.3) is 0 Å². The lowest BCUT2D eigenvalue weighted by atomic mass is 10.2. The van der Waals surface area contributed by atoms with Gasteiger partial charge in [-0.1, -0.05) is 6.07 Å². The quantitative estimate of drug-likeness (QED) is 0.695. The van der Waals surface area contributed by atoms with Crippen molar-refractivity contribution in [2.75, 3.05) is 0 Å². The van der Waals surface area contributed by atoms with Crippen LogP contribution in [0.3, 0.4) is 0 Å². The lowest BCUT2D eigenvalue weighted by Gasteiger charge is -1.96. The van der Waals surface area contributed by atoms with Crippen molar-refractivity contribution in [3.63, 3.8) is 0 Å². The van der Waals surface area contributed by atoms with Gasteiger partial charge < -0.3 is 0 Å². The van der Waals surface area contributed by atoms with E-state index < -0.39 is 0 Å². The van der Waals surface area contributed by atoms with Crippen molar-refractivity contribution in [2.24, 2.45) is 0 Å². The number of hydrogen-bond donors (Lipinski definition) is 0. The van der Waals surface area contributed by atoms with Crippen LogP contribution in [0.25, 0.3) is 15.5 Å². The molecule has 0 aliphatic carbocycles. The first-order chi connectivity index (χ1) is 7.90. The highest BCUT2D eigenvalue weighted by molar-refractivity contribution is 7.15. The van der Waals surface area contributed by atoms with Gasteiger partial charge in [-0.2, -0.15) is 5.26 Å². The van der Waals surface area contributed by atoms with Crippen LogP contribution in [0.1, 0.15) is 5.69 Å². The number of hydrogen-bond acceptors (Lipinski definition) is 4. The van der Waals surface area contributed by atoms with Crippen LogP contribution >= 0.6 is 22.7 Å². The zero-order valence-corrected chi connectivity index (χ0v) is 9.88. The Morgan fingerprint density at radius 2 is 2.31 bits per heavy atom. The van der Waals surface area contributed by atoms with Crippen molar-refractivity contribution < 1.29 is 0 Å². The van der Waals surface area contributed by atoms with Crippen LogP contribution in [0, 0.1) is 11.3 Å². The van der Waals surface area contributed by atoms with E-state index in [1.807, 2.05) is 33.5 Å². The normalized spacial score (nSPS) is 10.7. The Bertz CT molecular complexity index is 655. The maximum absolute atomic E-state index is 8.87. The summed E-state index contributed by atoms with van der Waals surface area (Å²) in [7, 11) is 0. The zero-order chi connectivity index (χ0) is 11.0. The van der Waals surface area contributed by atoms with Gasteiger partial charge in [0.15, 0.2) is 4.96 Å². The van der Waals surface area contributed by atoms with E-state index in [4.69, 9.17) is 5.26 Å². The van der Waals surface area contributed by atoms with Crippen LogP contribution in [-0.2, 0) is 6.42 Å². The third-order valence-electron chi connectivity index (χ3n) is 2.36. The highest BCUT2D eigenvalue weighted by Crippen LogP contribution is 2.29. The van der Waals surface area contributed by atoms with Gasteiger partial charge in [-0.25, -0.2) is 4.98 Å². The summed E-state index contributed by atoms with van der Waals surface area (Å²) in [6, 6.07) is 6.25. The lowest BCUT2D eigenvalue weighted by molar-refractivity contribution is 1.08. The Morgan fingerprint density at radius 1 is 1.38 bits per heavy atom. The molecule has 3 rings (SSSR count). The van der Waals surface area contributed by atoms with E-state index in [1.54, 1.807) is 22.7 Å². The number of rotatable bonds is 2. The van der Waals surface area contributed by atoms with Crippen LogP contribution in [0.15, 0.2) is 29.1 Å². The first-order valence-electron chi connectivity index (χ1n) is 4.75. The molecule has 3 aromatic rings. The molecule has 3 aromatic heterocycles. The van der Waals surface area contributed by atoms with E-state index in [9.17, 15) is 0 Å². The van der Waals surface area contributed by atoms with Gasteiger partial charge in [0.05, 0.1) is 23.1 Å². The van der Waals surface area contributed by atoms with Gasteiger partial charge in [0.2, 0.25) is 0 Å². The third-order valence-corrected chi connectivity index (χ3v) is 4.00. The summed E-state index contributed by atoms with van der Waals surface area (Å²) in [4.78, 5) is 6.65. The molecule has 0 saturated carbocycles. The number of imidazole rings is 1. The largest absolute Gasteiger partial charge is 0.293 e. The molecule has 0 spiro atoms. The predicted octanol–water partition coefficient (Wildman–Crippen LogP) is 3.19. The Morgan fingerprint density at radius 3 is 3.06 bits per heavy atom. The van der Waals surface area contributed by atoms with Gasteiger partial charge in [-0.15, -0.1) is 22.7 Å². The first kappa shape index (κ1) is 9.58. The molecular formula is C11H7N3S2. The van der Waals surface area contributed by atoms with Crippen LogP contribution in [-0.4, -0.2) is 9.38 Å². The monoisotopic (exact) mass is 245 g/mol. The zero-order valence-electron chi connectivity index (χ0n) is 8.25. The number of thiazole rings is 1. The molecule has 3 heterocycles.